The Kier molecular flexibility index (Phi) is 6.63. The average Bonchev–Trinajstić information content (AvgIpc) is 3.13. The maximum atomic E-state index is 12.7. The lowest BCUT2D eigenvalue weighted by atomic mass is 10.2. The molecule has 0 radical (unpaired) electrons. The SMILES string of the molecule is O=C(N/N=C\c1cn(CC(=O)N2CCOCC2)c2ccccc12)Nc1ccc(Br)cc1. The van der Waals surface area contributed by atoms with Crippen molar-refractivity contribution >= 4 is 50.7 Å². The van der Waals surface area contributed by atoms with Gasteiger partial charge in [-0.25, -0.2) is 10.2 Å². The van der Waals surface area contributed by atoms with Gasteiger partial charge in [-0.2, -0.15) is 5.10 Å². The molecule has 0 spiro atoms. The van der Waals surface area contributed by atoms with Crippen LogP contribution in [0.5, 0.6) is 0 Å². The van der Waals surface area contributed by atoms with Gasteiger partial charge in [-0.1, -0.05) is 34.1 Å². The van der Waals surface area contributed by atoms with E-state index in [4.69, 9.17) is 4.74 Å². The van der Waals surface area contributed by atoms with E-state index in [2.05, 4.69) is 31.8 Å². The summed E-state index contributed by atoms with van der Waals surface area (Å²) in [7, 11) is 0. The van der Waals surface area contributed by atoms with Gasteiger partial charge in [0.05, 0.1) is 19.4 Å². The Morgan fingerprint density at radius 3 is 2.61 bits per heavy atom. The molecule has 1 aliphatic heterocycles. The monoisotopic (exact) mass is 483 g/mol. The van der Waals surface area contributed by atoms with Crippen molar-refractivity contribution in [3.8, 4) is 0 Å². The number of nitrogens with one attached hydrogen (secondary N) is 2. The van der Waals surface area contributed by atoms with Gasteiger partial charge in [-0.15, -0.1) is 0 Å². The van der Waals surface area contributed by atoms with Crippen molar-refractivity contribution in [2.75, 3.05) is 31.6 Å². The van der Waals surface area contributed by atoms with Crippen LogP contribution >= 0.6 is 15.9 Å². The molecule has 1 aromatic heterocycles. The summed E-state index contributed by atoms with van der Waals surface area (Å²) >= 11 is 3.36. The van der Waals surface area contributed by atoms with Crippen LogP contribution in [0.1, 0.15) is 5.56 Å². The molecule has 9 heteroatoms. The number of carbonyl (C=O) groups excluding carboxylic acids is 2. The second kappa shape index (κ2) is 9.76. The number of anilines is 1. The topological polar surface area (TPSA) is 88.0 Å². The number of rotatable bonds is 5. The van der Waals surface area contributed by atoms with E-state index in [1.165, 1.54) is 0 Å². The standard InChI is InChI=1S/C22H22BrN5O3/c23-17-5-7-18(8-6-17)25-22(30)26-24-13-16-14-28(20-4-2-1-3-19(16)20)15-21(29)27-9-11-31-12-10-27/h1-8,13-14H,9-12,15H2,(H2,25,26,30)/b24-13-. The minimum atomic E-state index is -0.440. The molecule has 3 amide bonds. The van der Waals surface area contributed by atoms with E-state index in [9.17, 15) is 9.59 Å². The third kappa shape index (κ3) is 5.31. The van der Waals surface area contributed by atoms with E-state index in [0.29, 0.717) is 32.0 Å². The largest absolute Gasteiger partial charge is 0.378 e. The molecule has 2 aromatic carbocycles. The molecule has 0 aliphatic carbocycles. The summed E-state index contributed by atoms with van der Waals surface area (Å²) < 4.78 is 8.16. The molecule has 0 bridgehead atoms. The number of para-hydroxylation sites is 1. The van der Waals surface area contributed by atoms with Gasteiger partial charge in [0.1, 0.15) is 6.54 Å². The van der Waals surface area contributed by atoms with Crippen LogP contribution in [0.2, 0.25) is 0 Å². The van der Waals surface area contributed by atoms with Crippen LogP contribution in [0.15, 0.2) is 64.3 Å². The molecule has 2 heterocycles. The zero-order chi connectivity index (χ0) is 21.6. The van der Waals surface area contributed by atoms with Crippen LogP contribution in [0.25, 0.3) is 10.9 Å². The van der Waals surface area contributed by atoms with E-state index in [0.717, 1.165) is 20.9 Å². The molecule has 2 N–H and O–H groups in total. The van der Waals surface area contributed by atoms with E-state index in [1.807, 2.05) is 52.1 Å². The van der Waals surface area contributed by atoms with Crippen molar-refractivity contribution in [2.45, 2.75) is 6.54 Å². The van der Waals surface area contributed by atoms with Crippen LogP contribution in [0.3, 0.4) is 0 Å². The maximum Gasteiger partial charge on any atom is 0.339 e. The Bertz CT molecular complexity index is 1100. The molecule has 8 nitrogen and oxygen atoms in total. The lowest BCUT2D eigenvalue weighted by Gasteiger charge is -2.27. The van der Waals surface area contributed by atoms with Crippen LogP contribution in [-0.4, -0.2) is 53.9 Å². The molecule has 0 atom stereocenters. The van der Waals surface area contributed by atoms with Crippen molar-refractivity contribution in [1.29, 1.82) is 0 Å². The lowest BCUT2D eigenvalue weighted by molar-refractivity contribution is -0.135. The smallest absolute Gasteiger partial charge is 0.339 e. The first kappa shape index (κ1) is 21.1. The van der Waals surface area contributed by atoms with Crippen molar-refractivity contribution in [2.24, 2.45) is 5.10 Å². The fourth-order valence-electron chi connectivity index (χ4n) is 3.42. The van der Waals surface area contributed by atoms with Crippen LogP contribution in [0, 0.1) is 0 Å². The number of hydrogen-bond donors (Lipinski definition) is 2. The van der Waals surface area contributed by atoms with Gasteiger partial charge in [0.15, 0.2) is 0 Å². The quantitative estimate of drug-likeness (QED) is 0.430. The summed E-state index contributed by atoms with van der Waals surface area (Å²) in [4.78, 5) is 26.5. The molecule has 1 saturated heterocycles. The summed E-state index contributed by atoms with van der Waals surface area (Å²) in [6, 6.07) is 14.6. The Morgan fingerprint density at radius 2 is 1.84 bits per heavy atom. The van der Waals surface area contributed by atoms with Crippen LogP contribution < -0.4 is 10.7 Å². The predicted octanol–water partition coefficient (Wildman–Crippen LogP) is 3.42. The number of amides is 3. The number of halogens is 1. The van der Waals surface area contributed by atoms with Gasteiger partial charge in [0.25, 0.3) is 0 Å². The first-order valence-electron chi connectivity index (χ1n) is 9.89. The van der Waals surface area contributed by atoms with Gasteiger partial charge in [0.2, 0.25) is 5.91 Å². The minimum absolute atomic E-state index is 0.0551. The molecule has 0 unspecified atom stereocenters. The summed E-state index contributed by atoms with van der Waals surface area (Å²) in [5.74, 6) is 0.0551. The summed E-state index contributed by atoms with van der Waals surface area (Å²) in [6.45, 7) is 2.62. The second-order valence-electron chi connectivity index (χ2n) is 7.05. The number of carbonyl (C=O) groups is 2. The van der Waals surface area contributed by atoms with Gasteiger partial charge in [-0.3, -0.25) is 4.79 Å². The third-order valence-electron chi connectivity index (χ3n) is 4.96. The number of ether oxygens (including phenoxy) is 1. The third-order valence-corrected chi connectivity index (χ3v) is 5.49. The molecular weight excluding hydrogens is 462 g/mol. The number of urea groups is 1. The fraction of sp³-hybridized carbons (Fsp3) is 0.227. The molecule has 1 fully saturated rings. The van der Waals surface area contributed by atoms with E-state index >= 15 is 0 Å². The highest BCUT2D eigenvalue weighted by Crippen LogP contribution is 2.20. The Hall–Kier alpha value is -3.17. The molecule has 31 heavy (non-hydrogen) atoms. The fourth-order valence-corrected chi connectivity index (χ4v) is 3.68. The summed E-state index contributed by atoms with van der Waals surface area (Å²) in [5, 5.41) is 7.73. The molecule has 3 aromatic rings. The zero-order valence-corrected chi connectivity index (χ0v) is 18.3. The molecular formula is C22H22BrN5O3. The van der Waals surface area contributed by atoms with Crippen molar-refractivity contribution in [1.82, 2.24) is 14.9 Å². The van der Waals surface area contributed by atoms with Crippen molar-refractivity contribution < 1.29 is 14.3 Å². The van der Waals surface area contributed by atoms with Crippen molar-refractivity contribution in [3.63, 3.8) is 0 Å². The van der Waals surface area contributed by atoms with E-state index in [1.54, 1.807) is 18.3 Å². The number of aromatic nitrogens is 1. The molecule has 0 saturated carbocycles. The predicted molar refractivity (Wildman–Crippen MR) is 123 cm³/mol. The first-order valence-corrected chi connectivity index (χ1v) is 10.7. The lowest BCUT2D eigenvalue weighted by Crippen LogP contribution is -2.42. The minimum Gasteiger partial charge on any atom is -0.378 e. The maximum absolute atomic E-state index is 12.7. The average molecular weight is 484 g/mol. The molecule has 1 aliphatic rings. The number of fused-ring (bicyclic) bond motifs is 1. The number of benzene rings is 2. The molecule has 160 valence electrons. The van der Waals surface area contributed by atoms with Gasteiger partial charge in [-0.05, 0) is 30.3 Å². The Balaban J connectivity index is 1.44. The first-order chi connectivity index (χ1) is 15.1. The Labute approximate surface area is 188 Å². The summed E-state index contributed by atoms with van der Waals surface area (Å²) in [6.07, 6.45) is 3.46. The van der Waals surface area contributed by atoms with Gasteiger partial charge >= 0.3 is 6.03 Å². The zero-order valence-electron chi connectivity index (χ0n) is 16.8. The van der Waals surface area contributed by atoms with Crippen LogP contribution in [0.4, 0.5) is 10.5 Å². The number of nitrogens with zero attached hydrogens (tertiary/aromatic N) is 3. The van der Waals surface area contributed by atoms with Gasteiger partial charge in [0, 0.05) is 45.9 Å². The highest BCUT2D eigenvalue weighted by atomic mass is 79.9. The highest BCUT2D eigenvalue weighted by molar-refractivity contribution is 9.10. The normalized spacial score (nSPS) is 14.2. The van der Waals surface area contributed by atoms with Crippen molar-refractivity contribution in [3.05, 3.63) is 64.8 Å². The highest BCUT2D eigenvalue weighted by Gasteiger charge is 2.18. The van der Waals surface area contributed by atoms with Crippen LogP contribution in [-0.2, 0) is 16.1 Å². The van der Waals surface area contributed by atoms with E-state index < -0.39 is 6.03 Å². The van der Waals surface area contributed by atoms with E-state index in [-0.39, 0.29) is 12.5 Å². The number of hydrogen-bond acceptors (Lipinski definition) is 4. The molecule has 4 rings (SSSR count). The number of morpholine rings is 1. The second-order valence-corrected chi connectivity index (χ2v) is 7.97. The number of hydrazone groups is 1. The Morgan fingerprint density at radius 1 is 1.10 bits per heavy atom. The summed E-state index contributed by atoms with van der Waals surface area (Å²) in [5.41, 5.74) is 4.88. The van der Waals surface area contributed by atoms with Gasteiger partial charge < -0.3 is 19.5 Å².